The molecule has 8 heteroatoms. The zero-order chi connectivity index (χ0) is 16.3. The van der Waals surface area contributed by atoms with Crippen molar-refractivity contribution in [2.45, 2.75) is 30.3 Å². The number of carbonyl (C=O) groups excluding carboxylic acids is 2. The topological polar surface area (TPSA) is 89.5 Å². The molecular formula is C14H16ClNO5S. The lowest BCUT2D eigenvalue weighted by Gasteiger charge is -2.15. The second kappa shape index (κ2) is 6.66. The van der Waals surface area contributed by atoms with Crippen LogP contribution in [0, 0.1) is 0 Å². The van der Waals surface area contributed by atoms with Crippen molar-refractivity contribution >= 4 is 33.3 Å². The van der Waals surface area contributed by atoms with Gasteiger partial charge in [0.1, 0.15) is 0 Å². The van der Waals surface area contributed by atoms with E-state index in [9.17, 15) is 18.0 Å². The van der Waals surface area contributed by atoms with Crippen molar-refractivity contribution in [3.05, 3.63) is 28.8 Å². The third kappa shape index (κ3) is 3.98. The molecule has 0 spiro atoms. The molecule has 1 saturated heterocycles. The normalized spacial score (nSPS) is 19.2. The van der Waals surface area contributed by atoms with Crippen LogP contribution < -0.4 is 5.32 Å². The molecule has 1 aromatic rings. The van der Waals surface area contributed by atoms with E-state index < -0.39 is 21.9 Å². The van der Waals surface area contributed by atoms with E-state index in [1.54, 1.807) is 0 Å². The molecule has 0 aromatic heterocycles. The second-order valence-electron chi connectivity index (χ2n) is 5.09. The monoisotopic (exact) mass is 345 g/mol. The molecule has 1 aliphatic heterocycles. The van der Waals surface area contributed by atoms with Crippen LogP contribution in [0.1, 0.15) is 29.6 Å². The highest BCUT2D eigenvalue weighted by Gasteiger charge is 2.26. The first-order valence-corrected chi connectivity index (χ1v) is 9.04. The molecule has 1 fully saturated rings. The molecule has 1 heterocycles. The number of hydrogen-bond donors (Lipinski definition) is 1. The van der Waals surface area contributed by atoms with Crippen LogP contribution >= 0.6 is 11.6 Å². The maximum absolute atomic E-state index is 12.2. The zero-order valence-corrected chi connectivity index (χ0v) is 13.5. The molecule has 1 aromatic carbocycles. The van der Waals surface area contributed by atoms with Crippen LogP contribution in [0.25, 0.3) is 0 Å². The van der Waals surface area contributed by atoms with E-state index >= 15 is 0 Å². The van der Waals surface area contributed by atoms with Crippen molar-refractivity contribution in [3.8, 4) is 0 Å². The van der Waals surface area contributed by atoms with Gasteiger partial charge in [-0.1, -0.05) is 11.6 Å². The lowest BCUT2D eigenvalue weighted by Crippen LogP contribution is -2.36. The van der Waals surface area contributed by atoms with Gasteiger partial charge in [0.2, 0.25) is 0 Å². The highest BCUT2D eigenvalue weighted by molar-refractivity contribution is 7.90. The second-order valence-corrected chi connectivity index (χ2v) is 7.52. The zero-order valence-electron chi connectivity index (χ0n) is 12.0. The Morgan fingerprint density at radius 1 is 1.36 bits per heavy atom. The number of esters is 1. The van der Waals surface area contributed by atoms with Gasteiger partial charge in [-0.15, -0.1) is 0 Å². The van der Waals surface area contributed by atoms with E-state index in [0.29, 0.717) is 13.0 Å². The molecule has 0 unspecified atom stereocenters. The molecule has 0 saturated carbocycles. The van der Waals surface area contributed by atoms with Gasteiger partial charge in [0.15, 0.2) is 15.9 Å². The maximum Gasteiger partial charge on any atom is 0.340 e. The summed E-state index contributed by atoms with van der Waals surface area (Å²) in [7, 11) is -3.47. The van der Waals surface area contributed by atoms with Gasteiger partial charge in [-0.3, -0.25) is 4.79 Å². The van der Waals surface area contributed by atoms with Crippen LogP contribution in [0.15, 0.2) is 23.1 Å². The molecular weight excluding hydrogens is 330 g/mol. The van der Waals surface area contributed by atoms with Crippen LogP contribution in [0.5, 0.6) is 0 Å². The Morgan fingerprint density at radius 3 is 2.77 bits per heavy atom. The highest BCUT2D eigenvalue weighted by atomic mass is 35.5. The summed E-state index contributed by atoms with van der Waals surface area (Å²) >= 11 is 5.93. The molecule has 1 amide bonds. The predicted octanol–water partition coefficient (Wildman–Crippen LogP) is 1.57. The van der Waals surface area contributed by atoms with Crippen molar-refractivity contribution < 1.29 is 22.7 Å². The average Bonchev–Trinajstić information content (AvgIpc) is 2.63. The van der Waals surface area contributed by atoms with Crippen LogP contribution in [-0.2, 0) is 19.4 Å². The molecule has 1 atom stereocenters. The first-order chi connectivity index (χ1) is 10.3. The van der Waals surface area contributed by atoms with E-state index in [0.717, 1.165) is 25.2 Å². The summed E-state index contributed by atoms with van der Waals surface area (Å²) in [6.45, 7) is 0.553. The molecule has 0 aliphatic carbocycles. The Bertz CT molecular complexity index is 701. The number of nitrogens with one attached hydrogen (secondary N) is 1. The molecule has 6 nitrogen and oxygen atoms in total. The summed E-state index contributed by atoms with van der Waals surface area (Å²) in [5.74, 6) is -1.15. The SMILES string of the molecule is CS(=O)(=O)c1ccc(Cl)c(C(=O)O[C@H]2CCCCNC2=O)c1. The third-order valence-corrected chi connectivity index (χ3v) is 4.76. The standard InChI is InChI=1S/C14H16ClNO5S/c1-22(19,20)9-5-6-11(15)10(8-9)14(18)21-12-4-2-3-7-16-13(12)17/h5-6,8,12H,2-4,7H2,1H3,(H,16,17)/t12-/m0/s1. The van der Waals surface area contributed by atoms with Gasteiger partial charge in [-0.2, -0.15) is 0 Å². The Labute approximate surface area is 133 Å². The van der Waals surface area contributed by atoms with E-state index in [2.05, 4.69) is 5.32 Å². The van der Waals surface area contributed by atoms with Gasteiger partial charge in [0.05, 0.1) is 15.5 Å². The predicted molar refractivity (Wildman–Crippen MR) is 80.6 cm³/mol. The number of ether oxygens (including phenoxy) is 1. The Morgan fingerprint density at radius 2 is 2.09 bits per heavy atom. The summed E-state index contributed by atoms with van der Waals surface area (Å²) in [5.41, 5.74) is -0.0679. The van der Waals surface area contributed by atoms with Crippen molar-refractivity contribution in [3.63, 3.8) is 0 Å². The van der Waals surface area contributed by atoms with Gasteiger partial charge in [-0.05, 0) is 37.5 Å². The number of benzene rings is 1. The fourth-order valence-electron chi connectivity index (χ4n) is 2.11. The lowest BCUT2D eigenvalue weighted by atomic mass is 10.1. The van der Waals surface area contributed by atoms with E-state index in [4.69, 9.17) is 16.3 Å². The van der Waals surface area contributed by atoms with Crippen LogP contribution in [0.2, 0.25) is 5.02 Å². The Kier molecular flexibility index (Phi) is 5.08. The minimum absolute atomic E-state index is 0.0332. The number of rotatable bonds is 3. The maximum atomic E-state index is 12.2. The van der Waals surface area contributed by atoms with Crippen molar-refractivity contribution in [1.82, 2.24) is 5.32 Å². The van der Waals surface area contributed by atoms with Crippen molar-refractivity contribution in [2.24, 2.45) is 0 Å². The van der Waals surface area contributed by atoms with Gasteiger partial charge in [0.25, 0.3) is 5.91 Å². The number of hydrogen-bond acceptors (Lipinski definition) is 5. The molecule has 1 aliphatic rings. The van der Waals surface area contributed by atoms with Gasteiger partial charge < -0.3 is 10.1 Å². The molecule has 120 valence electrons. The van der Waals surface area contributed by atoms with Gasteiger partial charge >= 0.3 is 5.97 Å². The molecule has 22 heavy (non-hydrogen) atoms. The van der Waals surface area contributed by atoms with E-state index in [1.165, 1.54) is 12.1 Å². The van der Waals surface area contributed by atoms with Crippen LogP contribution in [0.3, 0.4) is 0 Å². The quantitative estimate of drug-likeness (QED) is 0.840. The third-order valence-electron chi connectivity index (χ3n) is 3.32. The largest absolute Gasteiger partial charge is 0.449 e. The molecule has 0 bridgehead atoms. The van der Waals surface area contributed by atoms with Crippen LogP contribution in [0.4, 0.5) is 0 Å². The number of halogens is 1. The molecule has 0 radical (unpaired) electrons. The molecule has 2 rings (SSSR count). The van der Waals surface area contributed by atoms with Crippen molar-refractivity contribution in [1.29, 1.82) is 0 Å². The molecule has 1 N–H and O–H groups in total. The smallest absolute Gasteiger partial charge is 0.340 e. The van der Waals surface area contributed by atoms with E-state index in [-0.39, 0.29) is 21.4 Å². The highest BCUT2D eigenvalue weighted by Crippen LogP contribution is 2.22. The van der Waals surface area contributed by atoms with Gasteiger partial charge in [-0.25, -0.2) is 13.2 Å². The fraction of sp³-hybridized carbons (Fsp3) is 0.429. The number of amides is 1. The summed E-state index contributed by atoms with van der Waals surface area (Å²) in [5, 5.41) is 2.73. The van der Waals surface area contributed by atoms with E-state index in [1.807, 2.05) is 0 Å². The minimum Gasteiger partial charge on any atom is -0.449 e. The number of sulfone groups is 1. The van der Waals surface area contributed by atoms with Gasteiger partial charge in [0, 0.05) is 12.8 Å². The first-order valence-electron chi connectivity index (χ1n) is 6.77. The van der Waals surface area contributed by atoms with Crippen LogP contribution in [-0.4, -0.2) is 39.2 Å². The Balaban J connectivity index is 2.23. The summed E-state index contributed by atoms with van der Waals surface area (Å²) in [6.07, 6.45) is 2.16. The summed E-state index contributed by atoms with van der Waals surface area (Å²) in [4.78, 5) is 23.9. The summed E-state index contributed by atoms with van der Waals surface area (Å²) < 4.78 is 28.3. The fourth-order valence-corrected chi connectivity index (χ4v) is 2.95. The lowest BCUT2D eigenvalue weighted by molar-refractivity contribution is -0.129. The van der Waals surface area contributed by atoms with Crippen molar-refractivity contribution in [2.75, 3.05) is 12.8 Å². The first kappa shape index (κ1) is 16.8. The Hall–Kier alpha value is -1.60. The summed E-state index contributed by atoms with van der Waals surface area (Å²) in [6, 6.07) is 3.79. The number of carbonyl (C=O) groups is 2. The average molecular weight is 346 g/mol. The minimum atomic E-state index is -3.47.